The van der Waals surface area contributed by atoms with E-state index in [0.29, 0.717) is 17.8 Å². The van der Waals surface area contributed by atoms with Crippen molar-refractivity contribution in [3.8, 4) is 11.3 Å². The van der Waals surface area contributed by atoms with Crippen LogP contribution in [0.15, 0.2) is 36.5 Å². The summed E-state index contributed by atoms with van der Waals surface area (Å²) in [7, 11) is 0. The van der Waals surface area contributed by atoms with Gasteiger partial charge in [-0.2, -0.15) is 0 Å². The van der Waals surface area contributed by atoms with Crippen molar-refractivity contribution in [3.05, 3.63) is 53.3 Å². The summed E-state index contributed by atoms with van der Waals surface area (Å²) in [6.45, 7) is 11.8. The van der Waals surface area contributed by atoms with Gasteiger partial charge in [0.05, 0.1) is 5.69 Å². The molecule has 3 aromatic rings. The van der Waals surface area contributed by atoms with Crippen LogP contribution in [0.3, 0.4) is 0 Å². The number of nitrogens with one attached hydrogen (secondary N) is 1. The molecule has 1 aromatic carbocycles. The summed E-state index contributed by atoms with van der Waals surface area (Å²) in [4.78, 5) is 22.7. The number of nitrogens with zero attached hydrogens (tertiary/aromatic N) is 2. The Morgan fingerprint density at radius 2 is 1.79 bits per heavy atom. The van der Waals surface area contributed by atoms with E-state index in [9.17, 15) is 4.79 Å². The maximum atomic E-state index is 12.5. The average Bonchev–Trinajstić information content (AvgIpc) is 3.57. The van der Waals surface area contributed by atoms with E-state index in [1.807, 2.05) is 31.9 Å². The largest absolute Gasteiger partial charge is 0.444 e. The predicted molar refractivity (Wildman–Crippen MR) is 137 cm³/mol. The van der Waals surface area contributed by atoms with Crippen molar-refractivity contribution in [1.29, 1.82) is 0 Å². The van der Waals surface area contributed by atoms with Gasteiger partial charge in [-0.05, 0) is 93.7 Å². The summed E-state index contributed by atoms with van der Waals surface area (Å²) < 4.78 is 5.57. The van der Waals surface area contributed by atoms with Gasteiger partial charge in [0.1, 0.15) is 5.60 Å². The van der Waals surface area contributed by atoms with Crippen LogP contribution in [-0.4, -0.2) is 39.7 Å². The molecular formula is C29H37N3O2. The van der Waals surface area contributed by atoms with E-state index >= 15 is 0 Å². The van der Waals surface area contributed by atoms with E-state index in [2.05, 4.69) is 54.1 Å². The number of hydrogen-bond donors (Lipinski definition) is 1. The molecule has 1 amide bonds. The fourth-order valence-corrected chi connectivity index (χ4v) is 5.24. The third kappa shape index (κ3) is 4.70. The van der Waals surface area contributed by atoms with Gasteiger partial charge in [0.2, 0.25) is 0 Å². The Morgan fingerprint density at radius 3 is 2.44 bits per heavy atom. The molecule has 1 saturated heterocycles. The summed E-state index contributed by atoms with van der Waals surface area (Å²) in [5, 5.41) is 1.32. The molecule has 34 heavy (non-hydrogen) atoms. The number of hydrogen-bond acceptors (Lipinski definition) is 3. The molecule has 5 heteroatoms. The van der Waals surface area contributed by atoms with Crippen LogP contribution in [0.2, 0.25) is 0 Å². The lowest BCUT2D eigenvalue weighted by Crippen LogP contribution is -2.41. The number of amides is 1. The molecule has 0 radical (unpaired) electrons. The molecule has 3 heterocycles. The Hall–Kier alpha value is -2.82. The zero-order chi connectivity index (χ0) is 24.0. The minimum Gasteiger partial charge on any atom is -0.444 e. The first-order valence-corrected chi connectivity index (χ1v) is 12.8. The van der Waals surface area contributed by atoms with Gasteiger partial charge in [0.25, 0.3) is 0 Å². The molecule has 2 aliphatic rings. The Bertz CT molecular complexity index is 1190. The van der Waals surface area contributed by atoms with E-state index < -0.39 is 5.60 Å². The van der Waals surface area contributed by atoms with Gasteiger partial charge in [-0.15, -0.1) is 0 Å². The number of rotatable bonds is 4. The molecule has 1 N–H and O–H groups in total. The molecule has 2 fully saturated rings. The second-order valence-corrected chi connectivity index (χ2v) is 11.4. The van der Waals surface area contributed by atoms with Gasteiger partial charge in [-0.1, -0.05) is 19.9 Å². The number of pyridine rings is 1. The van der Waals surface area contributed by atoms with Crippen LogP contribution in [0.5, 0.6) is 0 Å². The van der Waals surface area contributed by atoms with Gasteiger partial charge in [0, 0.05) is 47.4 Å². The van der Waals surface area contributed by atoms with Gasteiger partial charge in [0.15, 0.2) is 0 Å². The van der Waals surface area contributed by atoms with Crippen LogP contribution >= 0.6 is 0 Å². The summed E-state index contributed by atoms with van der Waals surface area (Å²) in [6.07, 6.45) is 6.22. The van der Waals surface area contributed by atoms with Crippen molar-refractivity contribution in [2.45, 2.75) is 83.7 Å². The number of aromatic amines is 1. The van der Waals surface area contributed by atoms with Crippen LogP contribution in [0.4, 0.5) is 4.79 Å². The van der Waals surface area contributed by atoms with Crippen LogP contribution in [0, 0.1) is 0 Å². The molecule has 1 aliphatic heterocycles. The molecule has 180 valence electrons. The van der Waals surface area contributed by atoms with Crippen LogP contribution in [-0.2, 0) is 4.74 Å². The highest BCUT2D eigenvalue weighted by atomic mass is 16.6. The zero-order valence-electron chi connectivity index (χ0n) is 21.1. The fourth-order valence-electron chi connectivity index (χ4n) is 5.24. The first-order valence-electron chi connectivity index (χ1n) is 12.8. The summed E-state index contributed by atoms with van der Waals surface area (Å²) >= 11 is 0. The lowest BCUT2D eigenvalue weighted by atomic mass is 9.87. The number of carbonyl (C=O) groups excluding carboxylic acids is 1. The lowest BCUT2D eigenvalue weighted by Gasteiger charge is -2.33. The van der Waals surface area contributed by atoms with Crippen molar-refractivity contribution in [2.75, 3.05) is 13.1 Å². The van der Waals surface area contributed by atoms with Crippen molar-refractivity contribution in [1.82, 2.24) is 14.9 Å². The van der Waals surface area contributed by atoms with Crippen LogP contribution in [0.25, 0.3) is 22.2 Å². The summed E-state index contributed by atoms with van der Waals surface area (Å²) in [5.41, 5.74) is 7.19. The second kappa shape index (κ2) is 8.75. The van der Waals surface area contributed by atoms with Crippen molar-refractivity contribution >= 4 is 17.0 Å². The van der Waals surface area contributed by atoms with Gasteiger partial charge in [-0.25, -0.2) is 4.79 Å². The lowest BCUT2D eigenvalue weighted by molar-refractivity contribution is 0.0205. The Kier molecular flexibility index (Phi) is 5.91. The number of likely N-dealkylation sites (tertiary alicyclic amines) is 1. The molecule has 1 aliphatic carbocycles. The summed E-state index contributed by atoms with van der Waals surface area (Å²) in [6, 6.07) is 11.3. The molecular weight excluding hydrogens is 422 g/mol. The highest BCUT2D eigenvalue weighted by Gasteiger charge is 2.29. The van der Waals surface area contributed by atoms with Crippen molar-refractivity contribution < 1.29 is 9.53 Å². The van der Waals surface area contributed by atoms with Gasteiger partial charge >= 0.3 is 6.09 Å². The van der Waals surface area contributed by atoms with E-state index in [1.165, 1.54) is 51.8 Å². The monoisotopic (exact) mass is 459 g/mol. The topological polar surface area (TPSA) is 58.2 Å². The number of aromatic nitrogens is 2. The molecule has 0 unspecified atom stereocenters. The third-order valence-electron chi connectivity index (χ3n) is 7.12. The van der Waals surface area contributed by atoms with Gasteiger partial charge in [-0.3, -0.25) is 4.98 Å². The highest BCUT2D eigenvalue weighted by molar-refractivity contribution is 5.92. The smallest absolute Gasteiger partial charge is 0.410 e. The van der Waals surface area contributed by atoms with E-state index in [4.69, 9.17) is 4.74 Å². The van der Waals surface area contributed by atoms with Gasteiger partial charge < -0.3 is 14.6 Å². The molecule has 0 spiro atoms. The van der Waals surface area contributed by atoms with Crippen molar-refractivity contribution in [2.24, 2.45) is 0 Å². The number of fused-ring (bicyclic) bond motifs is 1. The minimum absolute atomic E-state index is 0.193. The normalized spacial score (nSPS) is 17.5. The minimum atomic E-state index is -0.452. The van der Waals surface area contributed by atoms with E-state index in [0.717, 1.165) is 25.9 Å². The van der Waals surface area contributed by atoms with Crippen LogP contribution in [0.1, 0.15) is 94.9 Å². The first kappa shape index (κ1) is 22.9. The SMILES string of the molecule is CC(C)c1c(-c2ccnc(C3CC3)c2)[nH]c2ccc(C3CCN(C(=O)OC(C)(C)C)CC3)cc12. The predicted octanol–water partition coefficient (Wildman–Crippen LogP) is 7.35. The summed E-state index contributed by atoms with van der Waals surface area (Å²) in [5.74, 6) is 1.51. The second-order valence-electron chi connectivity index (χ2n) is 11.4. The number of ether oxygens (including phenoxy) is 1. The molecule has 1 saturated carbocycles. The molecule has 2 aromatic heterocycles. The maximum Gasteiger partial charge on any atom is 0.410 e. The molecule has 0 atom stereocenters. The Balaban J connectivity index is 1.40. The quantitative estimate of drug-likeness (QED) is 0.444. The third-order valence-corrected chi connectivity index (χ3v) is 7.12. The van der Waals surface area contributed by atoms with Crippen molar-refractivity contribution in [3.63, 3.8) is 0 Å². The highest BCUT2D eigenvalue weighted by Crippen LogP contribution is 2.42. The maximum absolute atomic E-state index is 12.5. The number of H-pyrrole nitrogens is 1. The molecule has 5 rings (SSSR count). The number of benzene rings is 1. The number of piperidine rings is 1. The standard InChI is InChI=1S/C29H37N3O2/c1-18(2)26-23-16-21(19-11-14-32(15-12-19)28(33)34-29(3,4)5)8-9-24(23)31-27(26)22-10-13-30-25(17-22)20-6-7-20/h8-10,13,16-20,31H,6-7,11-12,14-15H2,1-5H3. The molecule has 0 bridgehead atoms. The number of carbonyl (C=O) groups is 1. The van der Waals surface area contributed by atoms with E-state index in [1.54, 1.807) is 0 Å². The van der Waals surface area contributed by atoms with E-state index in [-0.39, 0.29) is 6.09 Å². The first-order chi connectivity index (χ1) is 16.2. The average molecular weight is 460 g/mol. The Morgan fingerprint density at radius 1 is 1.06 bits per heavy atom. The van der Waals surface area contributed by atoms with Crippen LogP contribution < -0.4 is 0 Å². The zero-order valence-corrected chi connectivity index (χ0v) is 21.1. The fraction of sp³-hybridized carbons (Fsp3) is 0.517. The Labute approximate surface area is 202 Å². The molecule has 5 nitrogen and oxygen atoms in total.